The monoisotopic (exact) mass is 283 g/mol. The topological polar surface area (TPSA) is 12.0 Å². The maximum absolute atomic E-state index is 3.30. The normalized spacial score (nSPS) is 8.27. The molecule has 0 radical (unpaired) electrons. The van der Waals surface area contributed by atoms with E-state index in [0.717, 1.165) is 11.4 Å². The van der Waals surface area contributed by atoms with Crippen LogP contribution < -0.4 is 5.32 Å². The van der Waals surface area contributed by atoms with Gasteiger partial charge in [-0.05, 0) is 24.3 Å². The van der Waals surface area contributed by atoms with Crippen molar-refractivity contribution >= 4 is 41.7 Å². The van der Waals surface area contributed by atoms with Gasteiger partial charge in [-0.2, -0.15) is 0 Å². The maximum atomic E-state index is 3.30. The zero-order valence-corrected chi connectivity index (χ0v) is 12.2. The van der Waals surface area contributed by atoms with Crippen LogP contribution >= 0.6 is 12.4 Å². The van der Waals surface area contributed by atoms with Crippen molar-refractivity contribution in [2.24, 2.45) is 0 Å². The second-order valence-corrected chi connectivity index (χ2v) is 2.86. The summed E-state index contributed by atoms with van der Waals surface area (Å²) in [5.74, 6) is 0. The fraction of sp³-hybridized carbons (Fsp3) is 0. The number of para-hydroxylation sites is 2. The molecule has 0 aromatic heterocycles. The SMILES string of the molecule is Cl.[AsH3].c1ccc(Nc2ccccc2)cc1. The Morgan fingerprint density at radius 2 is 0.933 bits per heavy atom. The molecule has 1 unspecified atom stereocenters. The molecule has 0 aliphatic heterocycles. The van der Waals surface area contributed by atoms with E-state index < -0.39 is 0 Å². The van der Waals surface area contributed by atoms with Crippen molar-refractivity contribution in [1.82, 2.24) is 0 Å². The van der Waals surface area contributed by atoms with E-state index in [9.17, 15) is 0 Å². The predicted octanol–water partition coefficient (Wildman–Crippen LogP) is 2.67. The van der Waals surface area contributed by atoms with Crippen LogP contribution in [0.2, 0.25) is 0 Å². The zero-order chi connectivity index (χ0) is 8.93. The van der Waals surface area contributed by atoms with Crippen LogP contribution in [-0.2, 0) is 0 Å². The van der Waals surface area contributed by atoms with Crippen LogP contribution in [0.1, 0.15) is 0 Å². The molecule has 80 valence electrons. The first-order valence-corrected chi connectivity index (χ1v) is 4.32. The Labute approximate surface area is 108 Å². The van der Waals surface area contributed by atoms with Crippen LogP contribution in [0.15, 0.2) is 60.7 Å². The summed E-state index contributed by atoms with van der Waals surface area (Å²) in [6, 6.07) is 20.3. The molecule has 0 heterocycles. The third kappa shape index (κ3) is 4.42. The van der Waals surface area contributed by atoms with Gasteiger partial charge in [0, 0.05) is 11.4 Å². The van der Waals surface area contributed by atoms with Crippen LogP contribution in [0.5, 0.6) is 0 Å². The van der Waals surface area contributed by atoms with E-state index in [2.05, 4.69) is 5.32 Å². The summed E-state index contributed by atoms with van der Waals surface area (Å²) in [6.45, 7) is 0. The van der Waals surface area contributed by atoms with Crippen molar-refractivity contribution < 1.29 is 0 Å². The molecule has 15 heavy (non-hydrogen) atoms. The predicted molar refractivity (Wildman–Crippen MR) is 73.4 cm³/mol. The molecule has 1 nitrogen and oxygen atoms in total. The fourth-order valence-corrected chi connectivity index (χ4v) is 1.21. The Kier molecular flexibility index (Phi) is 6.94. The standard InChI is InChI=1S/C12H11N.AsH3.ClH/c1-3-7-11(8-4-1)13-12-9-5-2-6-10-12;;/h1-10,13H;1H3;1H. The van der Waals surface area contributed by atoms with E-state index in [1.165, 1.54) is 0 Å². The van der Waals surface area contributed by atoms with E-state index in [1.807, 2.05) is 60.7 Å². The van der Waals surface area contributed by atoms with Gasteiger partial charge in [0.05, 0.1) is 0 Å². The number of hydrogen-bond donors (Lipinski definition) is 1. The number of benzene rings is 2. The number of halogens is 1. The Balaban J connectivity index is 0.000000980. The minimum Gasteiger partial charge on any atom is -0.356 e. The van der Waals surface area contributed by atoms with Gasteiger partial charge in [-0.15, -0.1) is 12.4 Å². The van der Waals surface area contributed by atoms with Gasteiger partial charge in [-0.3, -0.25) is 0 Å². The molecule has 0 amide bonds. The van der Waals surface area contributed by atoms with Gasteiger partial charge in [-0.1, -0.05) is 36.4 Å². The Hall–Kier alpha value is -0.912. The van der Waals surface area contributed by atoms with Crippen molar-refractivity contribution in [3.8, 4) is 0 Å². The van der Waals surface area contributed by atoms with Gasteiger partial charge in [0.15, 0.2) is 0 Å². The summed E-state index contributed by atoms with van der Waals surface area (Å²) < 4.78 is 0. The summed E-state index contributed by atoms with van der Waals surface area (Å²) in [7, 11) is 0. The van der Waals surface area contributed by atoms with Crippen LogP contribution in [0.25, 0.3) is 0 Å². The van der Waals surface area contributed by atoms with Crippen LogP contribution in [0, 0.1) is 0 Å². The molecular weight excluding hydrogens is 269 g/mol. The van der Waals surface area contributed by atoms with Gasteiger partial charge in [0.2, 0.25) is 0 Å². The van der Waals surface area contributed by atoms with Crippen molar-refractivity contribution in [2.75, 3.05) is 5.32 Å². The smallest absolute Gasteiger partial charge is 0.0384 e. The van der Waals surface area contributed by atoms with E-state index in [1.54, 1.807) is 0 Å². The van der Waals surface area contributed by atoms with Gasteiger partial charge in [0.25, 0.3) is 0 Å². The molecule has 1 N–H and O–H groups in total. The van der Waals surface area contributed by atoms with Crippen LogP contribution in [0.3, 0.4) is 0 Å². The zero-order valence-electron chi connectivity index (χ0n) is 8.39. The number of nitrogens with one attached hydrogen (secondary N) is 1. The number of rotatable bonds is 2. The average molecular weight is 284 g/mol. The van der Waals surface area contributed by atoms with Crippen molar-refractivity contribution in [2.45, 2.75) is 0 Å². The molecule has 0 saturated heterocycles. The van der Waals surface area contributed by atoms with E-state index in [0.29, 0.717) is 0 Å². The molecule has 0 spiro atoms. The first kappa shape index (κ1) is 14.1. The molecule has 2 aromatic rings. The Bertz CT molecular complexity index is 326. The van der Waals surface area contributed by atoms with E-state index >= 15 is 0 Å². The van der Waals surface area contributed by atoms with Crippen LogP contribution in [-0.4, -0.2) is 18.0 Å². The van der Waals surface area contributed by atoms with Gasteiger partial charge in [-0.25, -0.2) is 0 Å². The third-order valence-corrected chi connectivity index (χ3v) is 1.84. The second-order valence-electron chi connectivity index (χ2n) is 2.86. The molecule has 3 heteroatoms. The minimum absolute atomic E-state index is 0. The molecule has 2 aromatic carbocycles. The van der Waals surface area contributed by atoms with Gasteiger partial charge < -0.3 is 5.32 Å². The minimum atomic E-state index is 0. The summed E-state index contributed by atoms with van der Waals surface area (Å²) in [5.41, 5.74) is 2.24. The van der Waals surface area contributed by atoms with Crippen molar-refractivity contribution in [1.29, 1.82) is 0 Å². The molecule has 0 aliphatic rings. The van der Waals surface area contributed by atoms with Gasteiger partial charge in [0.1, 0.15) is 0 Å². The fourth-order valence-electron chi connectivity index (χ4n) is 1.21. The number of hydrogen-bond acceptors (Lipinski definition) is 1. The average Bonchev–Trinajstić information content (AvgIpc) is 2.21. The number of anilines is 2. The van der Waals surface area contributed by atoms with Gasteiger partial charge >= 0.3 is 18.0 Å². The van der Waals surface area contributed by atoms with E-state index in [4.69, 9.17) is 0 Å². The van der Waals surface area contributed by atoms with Crippen molar-refractivity contribution in [3.63, 3.8) is 0 Å². The van der Waals surface area contributed by atoms with Crippen molar-refractivity contribution in [3.05, 3.63) is 60.7 Å². The second kappa shape index (κ2) is 7.39. The molecule has 1 atom stereocenters. The first-order valence-electron chi connectivity index (χ1n) is 4.32. The first-order chi connectivity index (χ1) is 6.45. The molecule has 2 rings (SSSR count). The Morgan fingerprint density at radius 3 is 1.27 bits per heavy atom. The summed E-state index contributed by atoms with van der Waals surface area (Å²) in [5, 5.41) is 3.30. The Morgan fingerprint density at radius 1 is 0.600 bits per heavy atom. The summed E-state index contributed by atoms with van der Waals surface area (Å²) in [4.78, 5) is 0. The third-order valence-electron chi connectivity index (χ3n) is 1.84. The molecule has 0 bridgehead atoms. The molecule has 0 saturated carbocycles. The largest absolute Gasteiger partial charge is 0.356 e. The summed E-state index contributed by atoms with van der Waals surface area (Å²) in [6.07, 6.45) is 0. The quantitative estimate of drug-likeness (QED) is 0.836. The summed E-state index contributed by atoms with van der Waals surface area (Å²) >= 11 is 0. The molecule has 0 aliphatic carbocycles. The molecular formula is C12H15AsClN. The molecule has 0 fully saturated rings. The van der Waals surface area contributed by atoms with Crippen LogP contribution in [0.4, 0.5) is 11.4 Å². The maximum Gasteiger partial charge on any atom is 0.0384 e. The van der Waals surface area contributed by atoms with E-state index in [-0.39, 0.29) is 30.4 Å².